The van der Waals surface area contributed by atoms with Crippen LogP contribution in [0.3, 0.4) is 0 Å². The molecule has 0 atom stereocenters. The number of imidazole rings is 1. The molecule has 0 aliphatic heterocycles. The molecule has 0 fully saturated rings. The Morgan fingerprint density at radius 2 is 1.96 bits per heavy atom. The van der Waals surface area contributed by atoms with E-state index in [1.54, 1.807) is 6.20 Å². The van der Waals surface area contributed by atoms with E-state index in [9.17, 15) is 0 Å². The van der Waals surface area contributed by atoms with Gasteiger partial charge in [-0.05, 0) is 25.5 Å². The molecule has 4 rings (SSSR count). The minimum atomic E-state index is 0.686. The Morgan fingerprint density at radius 1 is 1.08 bits per heavy atom. The quantitative estimate of drug-likeness (QED) is 0.628. The van der Waals surface area contributed by atoms with Gasteiger partial charge in [-0.1, -0.05) is 18.2 Å². The van der Waals surface area contributed by atoms with Crippen molar-refractivity contribution in [1.82, 2.24) is 24.1 Å². The molecule has 0 radical (unpaired) electrons. The maximum Gasteiger partial charge on any atom is 0.157 e. The van der Waals surface area contributed by atoms with Crippen LogP contribution in [0, 0.1) is 13.8 Å². The first-order chi connectivity index (χ1) is 11.7. The first-order valence-electron chi connectivity index (χ1n) is 7.85. The lowest BCUT2D eigenvalue weighted by molar-refractivity contribution is 0.897. The van der Waals surface area contributed by atoms with Crippen molar-refractivity contribution in [3.05, 3.63) is 72.1 Å². The fourth-order valence-corrected chi connectivity index (χ4v) is 2.84. The highest BCUT2D eigenvalue weighted by molar-refractivity contribution is 5.51. The van der Waals surface area contributed by atoms with Gasteiger partial charge >= 0.3 is 0 Å². The maximum absolute atomic E-state index is 4.52. The fraction of sp³-hybridized carbons (Fsp3) is 0.167. The van der Waals surface area contributed by atoms with Crippen LogP contribution >= 0.6 is 0 Å². The van der Waals surface area contributed by atoms with Crippen molar-refractivity contribution in [2.45, 2.75) is 20.4 Å². The molecule has 1 aromatic carbocycles. The summed E-state index contributed by atoms with van der Waals surface area (Å²) in [5.41, 5.74) is 5.07. The number of hydrogen-bond donors (Lipinski definition) is 1. The second-order valence-electron chi connectivity index (χ2n) is 5.79. The number of rotatable bonds is 4. The molecule has 4 aromatic rings. The Morgan fingerprint density at radius 3 is 2.79 bits per heavy atom. The summed E-state index contributed by atoms with van der Waals surface area (Å²) in [4.78, 5) is 8.65. The van der Waals surface area contributed by atoms with Gasteiger partial charge in [0.15, 0.2) is 5.65 Å². The summed E-state index contributed by atoms with van der Waals surface area (Å²) in [7, 11) is 0. The highest BCUT2D eigenvalue weighted by atomic mass is 15.3. The smallest absolute Gasteiger partial charge is 0.157 e. The number of hydrogen-bond acceptors (Lipinski definition) is 4. The zero-order valence-electron chi connectivity index (χ0n) is 13.6. The number of benzene rings is 1. The predicted molar refractivity (Wildman–Crippen MR) is 93.4 cm³/mol. The van der Waals surface area contributed by atoms with Gasteiger partial charge in [0.2, 0.25) is 0 Å². The second-order valence-corrected chi connectivity index (χ2v) is 5.79. The van der Waals surface area contributed by atoms with Crippen molar-refractivity contribution in [2.75, 3.05) is 5.32 Å². The molecule has 3 heterocycles. The van der Waals surface area contributed by atoms with Gasteiger partial charge in [0.1, 0.15) is 5.82 Å². The standard InChI is InChI=1S/C18H18N6/c1-13-9-17(24-18(21-13)10-14(2)22-24)20-11-15-5-3-4-6-16(15)23-8-7-19-12-23/h3-10,12,20H,11H2,1-2H3. The minimum Gasteiger partial charge on any atom is -0.366 e. The molecule has 120 valence electrons. The van der Waals surface area contributed by atoms with Gasteiger partial charge in [-0.3, -0.25) is 0 Å². The van der Waals surface area contributed by atoms with Crippen LogP contribution in [0.4, 0.5) is 5.82 Å². The summed E-state index contributed by atoms with van der Waals surface area (Å²) < 4.78 is 3.87. The molecule has 6 nitrogen and oxygen atoms in total. The van der Waals surface area contributed by atoms with Gasteiger partial charge in [-0.25, -0.2) is 9.97 Å². The summed E-state index contributed by atoms with van der Waals surface area (Å²) in [6.07, 6.45) is 5.54. The van der Waals surface area contributed by atoms with Crippen molar-refractivity contribution in [3.63, 3.8) is 0 Å². The monoisotopic (exact) mass is 318 g/mol. The normalized spacial score (nSPS) is 11.1. The lowest BCUT2D eigenvalue weighted by Crippen LogP contribution is -2.08. The number of nitrogens with one attached hydrogen (secondary N) is 1. The SMILES string of the molecule is Cc1cc(NCc2ccccc2-n2ccnc2)n2nc(C)cc2n1. The number of aromatic nitrogens is 5. The molecule has 0 unspecified atom stereocenters. The fourth-order valence-electron chi connectivity index (χ4n) is 2.84. The molecule has 24 heavy (non-hydrogen) atoms. The average Bonchev–Trinajstić information content (AvgIpc) is 3.21. The molecule has 0 aliphatic rings. The summed E-state index contributed by atoms with van der Waals surface area (Å²) >= 11 is 0. The van der Waals surface area contributed by atoms with Crippen molar-refractivity contribution >= 4 is 11.5 Å². The van der Waals surface area contributed by atoms with Crippen LogP contribution in [-0.2, 0) is 6.54 Å². The summed E-state index contributed by atoms with van der Waals surface area (Å²) in [6.45, 7) is 4.65. The van der Waals surface area contributed by atoms with Crippen LogP contribution in [0.15, 0.2) is 55.1 Å². The topological polar surface area (TPSA) is 60.0 Å². The third-order valence-electron chi connectivity index (χ3n) is 3.91. The molecule has 3 aromatic heterocycles. The van der Waals surface area contributed by atoms with Crippen molar-refractivity contribution in [3.8, 4) is 5.69 Å². The number of anilines is 1. The van der Waals surface area contributed by atoms with Gasteiger partial charge in [0, 0.05) is 36.8 Å². The number of fused-ring (bicyclic) bond motifs is 1. The molecular formula is C18H18N6. The summed E-state index contributed by atoms with van der Waals surface area (Å²) in [6, 6.07) is 12.3. The second kappa shape index (κ2) is 5.81. The molecule has 1 N–H and O–H groups in total. The molecule has 0 saturated carbocycles. The molecule has 6 heteroatoms. The van der Waals surface area contributed by atoms with Crippen LogP contribution < -0.4 is 5.32 Å². The van der Waals surface area contributed by atoms with Crippen molar-refractivity contribution in [2.24, 2.45) is 0 Å². The number of para-hydroxylation sites is 1. The molecule has 0 amide bonds. The number of nitrogens with zero attached hydrogens (tertiary/aromatic N) is 5. The van der Waals surface area contributed by atoms with Crippen molar-refractivity contribution < 1.29 is 0 Å². The predicted octanol–water partition coefficient (Wildman–Crippen LogP) is 3.14. The molecular weight excluding hydrogens is 300 g/mol. The van der Waals surface area contributed by atoms with E-state index in [1.165, 1.54) is 5.56 Å². The first-order valence-corrected chi connectivity index (χ1v) is 7.85. The molecule has 0 aliphatic carbocycles. The lowest BCUT2D eigenvalue weighted by atomic mass is 10.1. The Labute approximate surface area is 139 Å². The van der Waals surface area contributed by atoms with Crippen LogP contribution in [-0.4, -0.2) is 24.1 Å². The van der Waals surface area contributed by atoms with E-state index in [2.05, 4.69) is 32.5 Å². The number of aryl methyl sites for hydroxylation is 2. The van der Waals surface area contributed by atoms with E-state index >= 15 is 0 Å². The van der Waals surface area contributed by atoms with E-state index in [-0.39, 0.29) is 0 Å². The van der Waals surface area contributed by atoms with Crippen molar-refractivity contribution in [1.29, 1.82) is 0 Å². The van der Waals surface area contributed by atoms with Gasteiger partial charge < -0.3 is 9.88 Å². The highest BCUT2D eigenvalue weighted by Crippen LogP contribution is 2.18. The zero-order chi connectivity index (χ0) is 16.5. The summed E-state index contributed by atoms with van der Waals surface area (Å²) in [5, 5.41) is 8.00. The first kappa shape index (κ1) is 14.4. The van der Waals surface area contributed by atoms with Crippen LogP contribution in [0.25, 0.3) is 11.3 Å². The molecule has 0 bridgehead atoms. The molecule has 0 saturated heterocycles. The van der Waals surface area contributed by atoms with Crippen LogP contribution in [0.2, 0.25) is 0 Å². The Kier molecular flexibility index (Phi) is 3.49. The zero-order valence-corrected chi connectivity index (χ0v) is 13.6. The van der Waals surface area contributed by atoms with E-state index in [0.717, 1.165) is 28.5 Å². The van der Waals surface area contributed by atoms with Gasteiger partial charge in [-0.2, -0.15) is 9.61 Å². The van der Waals surface area contributed by atoms with Crippen LogP contribution in [0.1, 0.15) is 17.0 Å². The Hall–Kier alpha value is -3.15. The molecule has 0 spiro atoms. The maximum atomic E-state index is 4.52. The van der Waals surface area contributed by atoms with E-state index in [1.807, 2.05) is 59.7 Å². The third-order valence-corrected chi connectivity index (χ3v) is 3.91. The highest BCUT2D eigenvalue weighted by Gasteiger charge is 2.08. The minimum absolute atomic E-state index is 0.686. The van der Waals surface area contributed by atoms with Gasteiger partial charge in [0.25, 0.3) is 0 Å². The van der Waals surface area contributed by atoms with E-state index < -0.39 is 0 Å². The Bertz CT molecular complexity index is 984. The average molecular weight is 318 g/mol. The van der Waals surface area contributed by atoms with Crippen LogP contribution in [0.5, 0.6) is 0 Å². The van der Waals surface area contributed by atoms with E-state index in [4.69, 9.17) is 0 Å². The van der Waals surface area contributed by atoms with Gasteiger partial charge in [0.05, 0.1) is 17.7 Å². The van der Waals surface area contributed by atoms with Gasteiger partial charge in [-0.15, -0.1) is 0 Å². The lowest BCUT2D eigenvalue weighted by Gasteiger charge is -2.13. The largest absolute Gasteiger partial charge is 0.366 e. The Balaban J connectivity index is 1.67. The van der Waals surface area contributed by atoms with E-state index in [0.29, 0.717) is 6.54 Å². The summed E-state index contributed by atoms with van der Waals surface area (Å²) in [5.74, 6) is 0.936. The third kappa shape index (κ3) is 2.62.